The minimum absolute atomic E-state index is 0.0892. The van der Waals surface area contributed by atoms with Crippen LogP contribution in [-0.4, -0.2) is 14.5 Å². The van der Waals surface area contributed by atoms with Crippen LogP contribution in [0.15, 0.2) is 52.8 Å². The van der Waals surface area contributed by atoms with E-state index in [0.29, 0.717) is 0 Å². The maximum absolute atomic E-state index is 14.0. The van der Waals surface area contributed by atoms with Gasteiger partial charge in [-0.15, -0.1) is 11.3 Å². The van der Waals surface area contributed by atoms with Gasteiger partial charge >= 0.3 is 6.01 Å². The molecule has 2 aromatic heterocycles. The summed E-state index contributed by atoms with van der Waals surface area (Å²) in [6, 6.07) is 8.10. The van der Waals surface area contributed by atoms with Crippen LogP contribution in [0.3, 0.4) is 0 Å². The highest BCUT2D eigenvalue weighted by atomic mass is 32.1. The molecule has 0 fully saturated rings. The van der Waals surface area contributed by atoms with Gasteiger partial charge in [-0.05, 0) is 36.4 Å². The fourth-order valence-electron chi connectivity index (χ4n) is 2.34. The Bertz CT molecular complexity index is 1170. The summed E-state index contributed by atoms with van der Waals surface area (Å²) < 4.78 is 47.0. The van der Waals surface area contributed by atoms with E-state index in [-0.39, 0.29) is 22.0 Å². The van der Waals surface area contributed by atoms with Crippen LogP contribution in [0.2, 0.25) is 0 Å². The number of nitrogens with zero attached hydrogens (tertiary/aromatic N) is 3. The van der Waals surface area contributed by atoms with Crippen molar-refractivity contribution in [3.05, 3.63) is 75.8 Å². The first kappa shape index (κ1) is 16.3. The molecule has 0 spiro atoms. The Balaban J connectivity index is 1.95. The number of rotatable bonds is 3. The number of hydrogen-bond acceptors (Lipinski definition) is 5. The summed E-state index contributed by atoms with van der Waals surface area (Å²) in [5, 5.41) is 0. The van der Waals surface area contributed by atoms with E-state index in [2.05, 4.69) is 9.97 Å². The van der Waals surface area contributed by atoms with Crippen molar-refractivity contribution in [2.24, 2.45) is 0 Å². The first-order valence-electron chi connectivity index (χ1n) is 7.28. The predicted octanol–water partition coefficient (Wildman–Crippen LogP) is 4.05. The van der Waals surface area contributed by atoms with Crippen LogP contribution in [0, 0.1) is 17.5 Å². The van der Waals surface area contributed by atoms with Gasteiger partial charge in [0.15, 0.2) is 21.9 Å². The van der Waals surface area contributed by atoms with Gasteiger partial charge in [-0.2, -0.15) is 9.37 Å². The zero-order chi connectivity index (χ0) is 18.3. The SMILES string of the molecule is O=c1c2ncsc2nc(Oc2cccc(F)c2F)n1-c1ccc(F)cc1. The highest BCUT2D eigenvalue weighted by molar-refractivity contribution is 7.16. The molecular weight excluding hydrogens is 367 g/mol. The lowest BCUT2D eigenvalue weighted by Crippen LogP contribution is -2.21. The van der Waals surface area contributed by atoms with Crippen molar-refractivity contribution < 1.29 is 17.9 Å². The van der Waals surface area contributed by atoms with Gasteiger partial charge in [0.1, 0.15) is 5.82 Å². The Hall–Kier alpha value is -3.20. The van der Waals surface area contributed by atoms with Crippen molar-refractivity contribution in [2.75, 3.05) is 0 Å². The summed E-state index contributed by atoms with van der Waals surface area (Å²) >= 11 is 1.10. The average molecular weight is 375 g/mol. The van der Waals surface area contributed by atoms with E-state index in [1.165, 1.54) is 29.8 Å². The molecule has 0 aliphatic heterocycles. The molecular formula is C17H8F3N3O2S. The standard InChI is InChI=1S/C17H8F3N3O2S/c18-9-4-6-10(7-5-9)23-16(24)14-15(26-8-21-14)22-17(23)25-12-3-1-2-11(19)13(12)20/h1-8H. The molecule has 0 saturated heterocycles. The zero-order valence-corrected chi connectivity index (χ0v) is 13.6. The Morgan fingerprint density at radius 3 is 2.58 bits per heavy atom. The molecule has 0 atom stereocenters. The number of halogens is 3. The van der Waals surface area contributed by atoms with Crippen molar-refractivity contribution in [1.29, 1.82) is 0 Å². The Kier molecular flexibility index (Phi) is 3.92. The third-order valence-corrected chi connectivity index (χ3v) is 4.26. The van der Waals surface area contributed by atoms with E-state index >= 15 is 0 Å². The van der Waals surface area contributed by atoms with Gasteiger partial charge in [0, 0.05) is 0 Å². The van der Waals surface area contributed by atoms with E-state index in [1.54, 1.807) is 0 Å². The molecule has 0 saturated carbocycles. The van der Waals surface area contributed by atoms with Crippen molar-refractivity contribution >= 4 is 21.7 Å². The van der Waals surface area contributed by atoms with Crippen LogP contribution in [-0.2, 0) is 0 Å². The van der Waals surface area contributed by atoms with Crippen molar-refractivity contribution in [2.45, 2.75) is 0 Å². The Morgan fingerprint density at radius 2 is 1.81 bits per heavy atom. The van der Waals surface area contributed by atoms with Gasteiger partial charge in [0.2, 0.25) is 5.82 Å². The smallest absolute Gasteiger partial charge is 0.311 e. The van der Waals surface area contributed by atoms with Gasteiger partial charge in [-0.25, -0.2) is 18.3 Å². The quantitative estimate of drug-likeness (QED) is 0.542. The molecule has 0 unspecified atom stereocenters. The lowest BCUT2D eigenvalue weighted by atomic mass is 10.3. The lowest BCUT2D eigenvalue weighted by Gasteiger charge is -2.13. The molecule has 0 aliphatic rings. The topological polar surface area (TPSA) is 57.0 Å². The van der Waals surface area contributed by atoms with E-state index in [0.717, 1.165) is 34.1 Å². The summed E-state index contributed by atoms with van der Waals surface area (Å²) in [5.41, 5.74) is 1.19. The largest absolute Gasteiger partial charge is 0.422 e. The third kappa shape index (κ3) is 2.72. The van der Waals surface area contributed by atoms with Gasteiger partial charge in [0.05, 0.1) is 11.2 Å². The summed E-state index contributed by atoms with van der Waals surface area (Å²) in [6.07, 6.45) is 0. The zero-order valence-electron chi connectivity index (χ0n) is 12.8. The molecule has 2 heterocycles. The summed E-state index contributed by atoms with van der Waals surface area (Å²) in [4.78, 5) is 21.2. The van der Waals surface area contributed by atoms with Crippen LogP contribution in [0.1, 0.15) is 0 Å². The van der Waals surface area contributed by atoms with Crippen molar-refractivity contribution in [3.8, 4) is 17.4 Å². The minimum Gasteiger partial charge on any atom is -0.422 e. The molecule has 4 aromatic rings. The predicted molar refractivity (Wildman–Crippen MR) is 89.4 cm³/mol. The van der Waals surface area contributed by atoms with Gasteiger partial charge < -0.3 is 4.74 Å². The average Bonchev–Trinajstić information content (AvgIpc) is 3.09. The Labute approximate surface area is 148 Å². The summed E-state index contributed by atoms with van der Waals surface area (Å²) in [7, 11) is 0. The van der Waals surface area contributed by atoms with E-state index in [1.807, 2.05) is 0 Å². The maximum atomic E-state index is 14.0. The molecule has 0 aliphatic carbocycles. The molecule has 0 bridgehead atoms. The van der Waals surface area contributed by atoms with Crippen LogP contribution < -0.4 is 10.3 Å². The van der Waals surface area contributed by atoms with E-state index in [9.17, 15) is 18.0 Å². The number of fused-ring (bicyclic) bond motifs is 1. The fourth-order valence-corrected chi connectivity index (χ4v) is 2.98. The molecule has 0 radical (unpaired) electrons. The van der Waals surface area contributed by atoms with Gasteiger partial charge in [-0.1, -0.05) is 6.07 Å². The minimum atomic E-state index is -1.21. The second-order valence-corrected chi connectivity index (χ2v) is 6.00. The highest BCUT2D eigenvalue weighted by Gasteiger charge is 2.19. The molecule has 4 rings (SSSR count). The molecule has 0 N–H and O–H groups in total. The molecule has 130 valence electrons. The monoisotopic (exact) mass is 375 g/mol. The molecule has 9 heteroatoms. The molecule has 26 heavy (non-hydrogen) atoms. The van der Waals surface area contributed by atoms with Gasteiger partial charge in [0.25, 0.3) is 5.56 Å². The van der Waals surface area contributed by atoms with Crippen molar-refractivity contribution in [3.63, 3.8) is 0 Å². The van der Waals surface area contributed by atoms with Gasteiger partial charge in [-0.3, -0.25) is 4.79 Å². The molecule has 2 aromatic carbocycles. The number of benzene rings is 2. The van der Waals surface area contributed by atoms with Crippen LogP contribution >= 0.6 is 11.3 Å². The Morgan fingerprint density at radius 1 is 1.04 bits per heavy atom. The van der Waals surface area contributed by atoms with E-state index < -0.39 is 28.8 Å². The normalized spacial score (nSPS) is 11.0. The lowest BCUT2D eigenvalue weighted by molar-refractivity contribution is 0.384. The maximum Gasteiger partial charge on any atom is 0.311 e. The fraction of sp³-hybridized carbons (Fsp3) is 0. The second kappa shape index (κ2) is 6.26. The van der Waals surface area contributed by atoms with Crippen LogP contribution in [0.4, 0.5) is 13.2 Å². The van der Waals surface area contributed by atoms with Crippen molar-refractivity contribution in [1.82, 2.24) is 14.5 Å². The second-order valence-electron chi connectivity index (χ2n) is 5.17. The molecule has 5 nitrogen and oxygen atoms in total. The summed E-state index contributed by atoms with van der Waals surface area (Å²) in [5.74, 6) is -3.24. The number of hydrogen-bond donors (Lipinski definition) is 0. The van der Waals surface area contributed by atoms with E-state index in [4.69, 9.17) is 4.74 Å². The number of thiazole rings is 1. The summed E-state index contributed by atoms with van der Waals surface area (Å²) in [6.45, 7) is 0. The highest BCUT2D eigenvalue weighted by Crippen LogP contribution is 2.27. The number of aromatic nitrogens is 3. The first-order chi connectivity index (χ1) is 12.5. The first-order valence-corrected chi connectivity index (χ1v) is 8.16. The number of ether oxygens (including phenoxy) is 1. The van der Waals surface area contributed by atoms with Crippen LogP contribution in [0.5, 0.6) is 11.8 Å². The third-order valence-electron chi connectivity index (χ3n) is 3.55. The van der Waals surface area contributed by atoms with Crippen LogP contribution in [0.25, 0.3) is 16.0 Å². The molecule has 0 amide bonds.